The molecule has 0 aromatic rings. The Kier molecular flexibility index (Phi) is 45.8. The van der Waals surface area contributed by atoms with E-state index in [1.807, 2.05) is 0 Å². The van der Waals surface area contributed by atoms with E-state index >= 15 is 0 Å². The predicted molar refractivity (Wildman–Crippen MR) is 169 cm³/mol. The summed E-state index contributed by atoms with van der Waals surface area (Å²) in [5, 5.41) is 0. The summed E-state index contributed by atoms with van der Waals surface area (Å²) >= 11 is 0. The fraction of sp³-hybridized carbons (Fsp3) is 1.00. The Morgan fingerprint density at radius 3 is 0.294 bits per heavy atom. The van der Waals surface area contributed by atoms with Gasteiger partial charge in [-0.3, -0.25) is 0 Å². The molecule has 0 aromatic carbocycles. The molecule has 0 heteroatoms. The maximum absolute atomic E-state index is 2.24. The quantitative estimate of drug-likeness (QED) is 0.348. The Balaban J connectivity index is -0.0000000693. The molecule has 0 aromatic heterocycles. The molecule has 0 atom stereocenters. The third-order valence-electron chi connectivity index (χ3n) is 6.97. The van der Waals surface area contributed by atoms with Crippen LogP contribution in [0, 0.1) is 59.2 Å². The second-order valence-corrected chi connectivity index (χ2v) is 13.6. The molecule has 0 heterocycles. The van der Waals surface area contributed by atoms with Crippen LogP contribution in [-0.2, 0) is 0 Å². The molecule has 0 radical (unpaired) electrons. The lowest BCUT2D eigenvalue weighted by molar-refractivity contribution is 0.457. The van der Waals surface area contributed by atoms with E-state index in [2.05, 4.69) is 152 Å². The minimum Gasteiger partial charge on any atom is -0.0651 e. The van der Waals surface area contributed by atoms with Gasteiger partial charge in [0.05, 0.1) is 0 Å². The van der Waals surface area contributed by atoms with E-state index in [1.54, 1.807) is 0 Å². The van der Waals surface area contributed by atoms with Crippen LogP contribution in [0.15, 0.2) is 0 Å². The van der Waals surface area contributed by atoms with Crippen LogP contribution in [0.5, 0.6) is 0 Å². The summed E-state index contributed by atoms with van der Waals surface area (Å²) in [4.78, 5) is 0. The summed E-state index contributed by atoms with van der Waals surface area (Å²) in [6, 6.07) is 0. The van der Waals surface area contributed by atoms with Gasteiger partial charge in [-0.25, -0.2) is 0 Å². The summed E-state index contributed by atoms with van der Waals surface area (Å²) in [6.07, 6.45) is 2.61. The summed E-state index contributed by atoms with van der Waals surface area (Å²) in [6.45, 7) is 49.1. The molecular weight excluding hydrogens is 408 g/mol. The number of hydrogen-bond donors (Lipinski definition) is 0. The van der Waals surface area contributed by atoms with Crippen LogP contribution in [0.1, 0.15) is 165 Å². The minimum absolute atomic E-state index is 0.852. The predicted octanol–water partition coefficient (Wildman–Crippen LogP) is 13.3. The van der Waals surface area contributed by atoms with E-state index in [-0.39, 0.29) is 0 Å². The molecule has 0 amide bonds. The second kappa shape index (κ2) is 33.0. The van der Waals surface area contributed by atoms with Crippen molar-refractivity contribution in [3.8, 4) is 0 Å². The first-order valence-electron chi connectivity index (χ1n) is 15.1. The van der Waals surface area contributed by atoms with Crippen molar-refractivity contribution in [3.63, 3.8) is 0 Å². The zero-order valence-corrected chi connectivity index (χ0v) is 29.2. The van der Waals surface area contributed by atoms with Crippen LogP contribution in [0.4, 0.5) is 0 Å². The SMILES string of the molecule is CC(C)C(C)C.CC(C)C(C)C.CC(C)C(C)C.CC(C)C(C)C.CCC(C)C.CCC(C)C. The fourth-order valence-corrected chi connectivity index (χ4v) is 0. The molecule has 0 unspecified atom stereocenters. The Labute approximate surface area is 224 Å². The summed E-state index contributed by atoms with van der Waals surface area (Å²) in [7, 11) is 0. The van der Waals surface area contributed by atoms with Gasteiger partial charge in [-0.2, -0.15) is 0 Å². The normalized spacial score (nSPS) is 10.6. The van der Waals surface area contributed by atoms with Crippen LogP contribution in [0.3, 0.4) is 0 Å². The molecule has 0 spiro atoms. The molecule has 0 aliphatic rings. The molecule has 0 fully saturated rings. The molecule has 0 aliphatic heterocycles. The van der Waals surface area contributed by atoms with E-state index in [1.165, 1.54) is 12.8 Å². The summed E-state index contributed by atoms with van der Waals surface area (Å²) in [5.74, 6) is 8.58. The largest absolute Gasteiger partial charge is 0.0651 e. The lowest BCUT2D eigenvalue weighted by atomic mass is 10.0. The van der Waals surface area contributed by atoms with Crippen molar-refractivity contribution in [3.05, 3.63) is 0 Å². The molecule has 0 saturated carbocycles. The Morgan fingerprint density at radius 2 is 0.294 bits per heavy atom. The number of hydrogen-bond acceptors (Lipinski definition) is 0. The van der Waals surface area contributed by atoms with Crippen LogP contribution < -0.4 is 0 Å². The van der Waals surface area contributed by atoms with E-state index in [0.717, 1.165) is 59.2 Å². The van der Waals surface area contributed by atoms with Crippen LogP contribution in [0.25, 0.3) is 0 Å². The molecular formula is C34H80. The van der Waals surface area contributed by atoms with Crippen molar-refractivity contribution in [1.82, 2.24) is 0 Å². The van der Waals surface area contributed by atoms with Crippen molar-refractivity contribution < 1.29 is 0 Å². The molecule has 0 N–H and O–H groups in total. The highest BCUT2D eigenvalue weighted by atomic mass is 14.0. The fourth-order valence-electron chi connectivity index (χ4n) is 0. The van der Waals surface area contributed by atoms with E-state index < -0.39 is 0 Å². The lowest BCUT2D eigenvalue weighted by Gasteiger charge is -2.05. The van der Waals surface area contributed by atoms with E-state index in [9.17, 15) is 0 Å². The first-order chi connectivity index (χ1) is 15.1. The molecule has 0 nitrogen and oxygen atoms in total. The average Bonchev–Trinajstić information content (AvgIpc) is 2.69. The molecule has 0 rings (SSSR count). The van der Waals surface area contributed by atoms with Gasteiger partial charge < -0.3 is 0 Å². The number of rotatable bonds is 6. The van der Waals surface area contributed by atoms with Crippen LogP contribution in [0.2, 0.25) is 0 Å². The molecule has 34 heavy (non-hydrogen) atoms. The molecule has 0 bridgehead atoms. The highest BCUT2D eigenvalue weighted by Gasteiger charge is 1.97. The zero-order chi connectivity index (χ0) is 29.2. The van der Waals surface area contributed by atoms with Crippen LogP contribution >= 0.6 is 0 Å². The van der Waals surface area contributed by atoms with Crippen molar-refractivity contribution in [2.75, 3.05) is 0 Å². The average molecular weight is 489 g/mol. The first kappa shape index (κ1) is 47.2. The van der Waals surface area contributed by atoms with Gasteiger partial charge in [0.2, 0.25) is 0 Å². The van der Waals surface area contributed by atoms with E-state index in [0.29, 0.717) is 0 Å². The minimum atomic E-state index is 0.852. The smallest absolute Gasteiger partial charge is 0.0448 e. The van der Waals surface area contributed by atoms with Crippen molar-refractivity contribution in [1.29, 1.82) is 0 Å². The van der Waals surface area contributed by atoms with Gasteiger partial charge in [0, 0.05) is 0 Å². The maximum atomic E-state index is 2.24. The van der Waals surface area contributed by atoms with Crippen molar-refractivity contribution in [2.45, 2.75) is 165 Å². The highest BCUT2D eigenvalue weighted by Crippen LogP contribution is 2.07. The topological polar surface area (TPSA) is 0 Å². The van der Waals surface area contributed by atoms with Gasteiger partial charge in [-0.15, -0.1) is 0 Å². The Morgan fingerprint density at radius 1 is 0.235 bits per heavy atom. The summed E-state index contributed by atoms with van der Waals surface area (Å²) in [5.41, 5.74) is 0. The van der Waals surface area contributed by atoms with Crippen molar-refractivity contribution in [2.24, 2.45) is 59.2 Å². The monoisotopic (exact) mass is 489 g/mol. The van der Waals surface area contributed by atoms with Gasteiger partial charge in [0.25, 0.3) is 0 Å². The highest BCUT2D eigenvalue weighted by molar-refractivity contribution is 4.48. The maximum Gasteiger partial charge on any atom is -0.0448 e. The zero-order valence-electron chi connectivity index (χ0n) is 29.2. The third-order valence-corrected chi connectivity index (χ3v) is 6.97. The van der Waals surface area contributed by atoms with Gasteiger partial charge in [-0.05, 0) is 59.2 Å². The van der Waals surface area contributed by atoms with Gasteiger partial charge in [-0.1, -0.05) is 165 Å². The van der Waals surface area contributed by atoms with E-state index in [4.69, 9.17) is 0 Å². The molecule has 0 aliphatic carbocycles. The second-order valence-electron chi connectivity index (χ2n) is 13.6. The Bertz CT molecular complexity index is 220. The lowest BCUT2D eigenvalue weighted by Crippen LogP contribution is -1.95. The van der Waals surface area contributed by atoms with Gasteiger partial charge in [0.1, 0.15) is 0 Å². The first-order valence-corrected chi connectivity index (χ1v) is 15.1. The van der Waals surface area contributed by atoms with Gasteiger partial charge >= 0.3 is 0 Å². The third kappa shape index (κ3) is 76.9. The van der Waals surface area contributed by atoms with Crippen molar-refractivity contribution >= 4 is 0 Å². The summed E-state index contributed by atoms with van der Waals surface area (Å²) < 4.78 is 0. The van der Waals surface area contributed by atoms with Crippen LogP contribution in [-0.4, -0.2) is 0 Å². The van der Waals surface area contributed by atoms with Gasteiger partial charge in [0.15, 0.2) is 0 Å². The molecule has 0 saturated heterocycles. The standard InChI is InChI=1S/4C6H14.2C5H12/c4*1-5(2)6(3)4;2*1-4-5(2)3/h4*5-6H,1-4H3;2*5H,4H2,1-3H3. The molecule has 216 valence electrons. The Hall–Kier alpha value is 0.